The number of carbonyl (C=O) groups is 2. The van der Waals surface area contributed by atoms with Crippen LogP contribution < -0.4 is 4.72 Å². The van der Waals surface area contributed by atoms with E-state index in [1.54, 1.807) is 24.3 Å². The molecule has 0 aliphatic heterocycles. The van der Waals surface area contributed by atoms with Crippen LogP contribution in [0.25, 0.3) is 0 Å². The average molecular weight is 506 g/mol. The topological polar surface area (TPSA) is 144 Å². The molecule has 0 bridgehead atoms. The molecule has 1 aromatic carbocycles. The summed E-state index contributed by atoms with van der Waals surface area (Å²) in [5.41, 5.74) is 1.02. The van der Waals surface area contributed by atoms with Gasteiger partial charge in [0.1, 0.15) is 0 Å². The Labute approximate surface area is 210 Å². The Balaban J connectivity index is 0.00000156. The fraction of sp³-hybridized carbons (Fsp3) is 0.583. The maximum absolute atomic E-state index is 11.3. The second-order valence-corrected chi connectivity index (χ2v) is 9.43. The minimum atomic E-state index is -3.37. The van der Waals surface area contributed by atoms with Gasteiger partial charge in [0.15, 0.2) is 0 Å². The summed E-state index contributed by atoms with van der Waals surface area (Å²) in [5, 5.41) is 26.1. The SMILES string of the molecule is O=C(O)/C=C/C(=O)O.[2H]C([2H])([2H])C([2H])([2H])N(CCCCCCC)CCCC(O)c1ccc(NS(C)(=O)=O)cc1. The predicted molar refractivity (Wildman–Crippen MR) is 134 cm³/mol. The first kappa shape index (κ1) is 23.3. The molecule has 0 fully saturated rings. The van der Waals surface area contributed by atoms with Gasteiger partial charge in [0, 0.05) is 24.7 Å². The zero-order valence-corrected chi connectivity index (χ0v) is 20.6. The number of aliphatic hydroxyl groups excluding tert-OH is 1. The number of hydrogen-bond donors (Lipinski definition) is 4. The molecule has 34 heavy (non-hydrogen) atoms. The van der Waals surface area contributed by atoms with Crippen molar-refractivity contribution in [2.24, 2.45) is 0 Å². The molecule has 10 heteroatoms. The van der Waals surface area contributed by atoms with Crippen molar-refractivity contribution in [2.45, 2.75) is 64.8 Å². The maximum atomic E-state index is 11.3. The zero-order valence-electron chi connectivity index (χ0n) is 24.7. The number of anilines is 1. The highest BCUT2D eigenvalue weighted by molar-refractivity contribution is 7.92. The van der Waals surface area contributed by atoms with Crippen molar-refractivity contribution in [1.29, 1.82) is 0 Å². The molecule has 0 aromatic heterocycles. The number of benzene rings is 1. The van der Waals surface area contributed by atoms with Crippen molar-refractivity contribution in [3.05, 3.63) is 42.0 Å². The molecule has 0 aliphatic rings. The molecule has 1 unspecified atom stereocenters. The van der Waals surface area contributed by atoms with E-state index in [0.29, 0.717) is 42.8 Å². The Bertz CT molecular complexity index is 1000. The van der Waals surface area contributed by atoms with Crippen molar-refractivity contribution in [3.63, 3.8) is 0 Å². The Morgan fingerprint density at radius 3 is 2.12 bits per heavy atom. The molecule has 194 valence electrons. The van der Waals surface area contributed by atoms with Crippen molar-refractivity contribution in [1.82, 2.24) is 4.90 Å². The molecule has 0 radical (unpaired) electrons. The van der Waals surface area contributed by atoms with E-state index in [1.165, 1.54) is 4.90 Å². The van der Waals surface area contributed by atoms with Gasteiger partial charge in [0.2, 0.25) is 10.0 Å². The van der Waals surface area contributed by atoms with Gasteiger partial charge in [-0.1, -0.05) is 51.6 Å². The first-order valence-corrected chi connectivity index (χ1v) is 12.9. The molecule has 0 amide bonds. The molecule has 0 spiro atoms. The van der Waals surface area contributed by atoms with Gasteiger partial charge in [-0.2, -0.15) is 0 Å². The molecule has 0 aliphatic carbocycles. The highest BCUT2D eigenvalue weighted by atomic mass is 32.2. The second kappa shape index (κ2) is 18.0. The van der Waals surface area contributed by atoms with Gasteiger partial charge in [-0.25, -0.2) is 18.0 Å². The number of carboxylic acid groups (broad SMARTS) is 2. The van der Waals surface area contributed by atoms with Crippen LogP contribution in [-0.2, 0) is 19.6 Å². The largest absolute Gasteiger partial charge is 0.478 e. The highest BCUT2D eigenvalue weighted by Gasteiger charge is 2.10. The van der Waals surface area contributed by atoms with E-state index in [4.69, 9.17) is 17.1 Å². The summed E-state index contributed by atoms with van der Waals surface area (Å²) < 4.78 is 63.8. The van der Waals surface area contributed by atoms with Crippen LogP contribution >= 0.6 is 0 Å². The molecule has 1 aromatic rings. The van der Waals surface area contributed by atoms with E-state index < -0.39 is 41.4 Å². The van der Waals surface area contributed by atoms with Crippen LogP contribution in [0, 0.1) is 0 Å². The van der Waals surface area contributed by atoms with Crippen LogP contribution in [0.1, 0.15) is 77.2 Å². The van der Waals surface area contributed by atoms with E-state index in [2.05, 4.69) is 11.6 Å². The average Bonchev–Trinajstić information content (AvgIpc) is 2.80. The van der Waals surface area contributed by atoms with Gasteiger partial charge in [0.05, 0.1) is 12.4 Å². The number of rotatable bonds is 16. The lowest BCUT2D eigenvalue weighted by molar-refractivity contribution is -0.134. The normalized spacial score (nSPS) is 15.2. The number of nitrogens with zero attached hydrogens (tertiary/aromatic N) is 1. The lowest BCUT2D eigenvalue weighted by Crippen LogP contribution is -2.26. The molecular formula is C24H40N2O7S. The van der Waals surface area contributed by atoms with Gasteiger partial charge < -0.3 is 20.2 Å². The number of unbranched alkanes of at least 4 members (excludes halogenated alkanes) is 4. The van der Waals surface area contributed by atoms with Gasteiger partial charge in [-0.15, -0.1) is 0 Å². The maximum Gasteiger partial charge on any atom is 0.328 e. The first-order valence-electron chi connectivity index (χ1n) is 13.6. The summed E-state index contributed by atoms with van der Waals surface area (Å²) in [5.74, 6) is -2.51. The number of aliphatic carboxylic acids is 2. The smallest absolute Gasteiger partial charge is 0.328 e. The Hall–Kier alpha value is -2.43. The molecule has 4 N–H and O–H groups in total. The van der Waals surface area contributed by atoms with Crippen molar-refractivity contribution < 1.29 is 40.2 Å². The van der Waals surface area contributed by atoms with E-state index in [1.807, 2.05) is 0 Å². The zero-order chi connectivity index (χ0) is 30.3. The van der Waals surface area contributed by atoms with Gasteiger partial charge in [-0.05, 0) is 56.5 Å². The number of nitrogens with one attached hydrogen (secondary N) is 1. The van der Waals surface area contributed by atoms with E-state index in [9.17, 15) is 23.1 Å². The number of carboxylic acids is 2. The quantitative estimate of drug-likeness (QED) is 0.196. The summed E-state index contributed by atoms with van der Waals surface area (Å²) in [6, 6.07) is 6.39. The second-order valence-electron chi connectivity index (χ2n) is 7.68. The molecular weight excluding hydrogens is 460 g/mol. The summed E-state index contributed by atoms with van der Waals surface area (Å²) in [7, 11) is -3.37. The fourth-order valence-corrected chi connectivity index (χ4v) is 3.47. The van der Waals surface area contributed by atoms with E-state index in [0.717, 1.165) is 38.4 Å². The number of hydrogen-bond acceptors (Lipinski definition) is 6. The van der Waals surface area contributed by atoms with Crippen molar-refractivity contribution >= 4 is 27.6 Å². The first-order chi connectivity index (χ1) is 17.9. The highest BCUT2D eigenvalue weighted by Crippen LogP contribution is 2.21. The molecule has 0 heterocycles. The Kier molecular flexibility index (Phi) is 12.3. The minimum absolute atomic E-state index is 0.226. The summed E-state index contributed by atoms with van der Waals surface area (Å²) in [6.07, 6.45) is 7.04. The van der Waals surface area contributed by atoms with Crippen LogP contribution in [-0.4, -0.2) is 66.4 Å². The third-order valence-electron chi connectivity index (χ3n) is 4.56. The lowest BCUT2D eigenvalue weighted by Gasteiger charge is -2.21. The lowest BCUT2D eigenvalue weighted by atomic mass is 10.0. The van der Waals surface area contributed by atoms with Crippen molar-refractivity contribution in [3.8, 4) is 0 Å². The van der Waals surface area contributed by atoms with Gasteiger partial charge in [0.25, 0.3) is 0 Å². The minimum Gasteiger partial charge on any atom is -0.478 e. The van der Waals surface area contributed by atoms with Crippen LogP contribution in [0.3, 0.4) is 0 Å². The fourth-order valence-electron chi connectivity index (χ4n) is 2.90. The predicted octanol–water partition coefficient (Wildman–Crippen LogP) is 3.88. The molecule has 0 saturated heterocycles. The standard InChI is InChI=1S/C20H36N2O3S.C4H4O4/c1-4-6-7-8-9-16-22(5-2)17-10-11-20(23)18-12-14-19(15-13-18)21-26(3,24)25;5-3(6)1-2-4(7)8/h12-15,20-21,23H,4-11,16-17H2,1-3H3;1-2H,(H,5,6)(H,7,8)/b;2-1+/i2D3,5D2;. The van der Waals surface area contributed by atoms with Gasteiger partial charge >= 0.3 is 11.9 Å². The Morgan fingerprint density at radius 1 is 1.06 bits per heavy atom. The summed E-state index contributed by atoms with van der Waals surface area (Å²) in [6.45, 7) is -2.49. The van der Waals surface area contributed by atoms with Crippen LogP contribution in [0.2, 0.25) is 0 Å². The van der Waals surface area contributed by atoms with Gasteiger partial charge in [-0.3, -0.25) is 4.72 Å². The van der Waals surface area contributed by atoms with Crippen LogP contribution in [0.5, 0.6) is 0 Å². The van der Waals surface area contributed by atoms with Crippen LogP contribution in [0.4, 0.5) is 5.69 Å². The summed E-state index contributed by atoms with van der Waals surface area (Å²) >= 11 is 0. The molecule has 1 atom stereocenters. The molecule has 1 rings (SSSR count). The summed E-state index contributed by atoms with van der Waals surface area (Å²) in [4.78, 5) is 20.5. The third kappa shape index (κ3) is 18.0. The Morgan fingerprint density at radius 2 is 1.62 bits per heavy atom. The number of aliphatic hydroxyl groups is 1. The van der Waals surface area contributed by atoms with Crippen LogP contribution in [0.15, 0.2) is 36.4 Å². The third-order valence-corrected chi connectivity index (χ3v) is 5.17. The number of sulfonamides is 1. The molecule has 9 nitrogen and oxygen atoms in total. The van der Waals surface area contributed by atoms with Crippen molar-refractivity contribution in [2.75, 3.05) is 30.6 Å². The van der Waals surface area contributed by atoms with E-state index >= 15 is 0 Å². The monoisotopic (exact) mass is 505 g/mol. The van der Waals surface area contributed by atoms with E-state index in [-0.39, 0.29) is 6.54 Å². The molecule has 0 saturated carbocycles.